The Morgan fingerprint density at radius 1 is 1.04 bits per heavy atom. The van der Waals surface area contributed by atoms with Crippen LogP contribution in [0.2, 0.25) is 23.2 Å². The molecule has 1 N–H and O–H groups in total. The molecule has 292 valence electrons. The summed E-state index contributed by atoms with van der Waals surface area (Å²) in [6.07, 6.45) is 6.72. The molecule has 4 atom stereocenters. The fraction of sp³-hybridized carbons (Fsp3) is 0.667. The average molecular weight is 791 g/mol. The number of hydrogen-bond acceptors (Lipinski definition) is 9. The van der Waals surface area contributed by atoms with Gasteiger partial charge in [-0.2, -0.15) is 4.98 Å². The molecule has 2 aromatic heterocycles. The number of carbonyl (C=O) groups is 1. The zero-order chi connectivity index (χ0) is 38.1. The van der Waals surface area contributed by atoms with E-state index in [0.29, 0.717) is 53.6 Å². The van der Waals surface area contributed by atoms with Crippen LogP contribution in [0.25, 0.3) is 22.4 Å². The maximum Gasteiger partial charge on any atom is 0.407 e. The maximum absolute atomic E-state index is 12.1. The molecule has 4 heterocycles. The number of fused-ring (bicyclic) bond motifs is 2. The van der Waals surface area contributed by atoms with E-state index < -0.39 is 8.32 Å². The van der Waals surface area contributed by atoms with Crippen LogP contribution in [0.5, 0.6) is 6.01 Å². The second kappa shape index (κ2) is 16.8. The van der Waals surface area contributed by atoms with Gasteiger partial charge in [0.2, 0.25) is 0 Å². The maximum atomic E-state index is 12.1. The number of nitrogens with zero attached hydrogens (tertiary/aromatic N) is 3. The normalized spacial score (nSPS) is 25.0. The van der Waals surface area contributed by atoms with Crippen LogP contribution >= 0.6 is 11.6 Å². The molecule has 11 nitrogen and oxygen atoms in total. The van der Waals surface area contributed by atoms with E-state index in [-0.39, 0.29) is 65.3 Å². The predicted octanol–water partition coefficient (Wildman–Crippen LogP) is 7.70. The zero-order valence-corrected chi connectivity index (χ0v) is 35.4. The van der Waals surface area contributed by atoms with Gasteiger partial charge in [0.1, 0.15) is 36.3 Å². The Labute approximate surface area is 323 Å². The van der Waals surface area contributed by atoms with Crippen molar-refractivity contribution in [3.63, 3.8) is 0 Å². The van der Waals surface area contributed by atoms with Gasteiger partial charge in [-0.25, -0.2) is 9.78 Å². The molecule has 0 bridgehead atoms. The van der Waals surface area contributed by atoms with E-state index in [1.54, 1.807) is 0 Å². The van der Waals surface area contributed by atoms with E-state index in [9.17, 15) is 4.79 Å². The smallest absolute Gasteiger partial charge is 0.407 e. The van der Waals surface area contributed by atoms with Crippen molar-refractivity contribution in [2.75, 3.05) is 38.1 Å². The number of alkyl carbamates (subject to hydrolysis) is 1. The molecule has 53 heavy (non-hydrogen) atoms. The standard InChI is InChI=1S/C39H57ClN4O7SSi/c1-24(2)41-38(45)49-28-16-14-26(15-17-28)25-10-12-27(13-11-25)33-29(40)20-30-36(43-33)44(23-46-18-19-52(6)7)37(42-30)50-31-21-47-35-32(22-48-34(31)35)51-53(8,9)39(3,4)5/h10-13,20,24,26,28,31-32,34-35H,14-19,21-23H2,1-9H3/p+1/t26?,28?,31-,32?,34-,35-/m1/s1. The first-order valence-electron chi connectivity index (χ1n) is 18.9. The topological polar surface area (TPSA) is 115 Å². The van der Waals surface area contributed by atoms with Crippen molar-refractivity contribution >= 4 is 48.1 Å². The predicted molar refractivity (Wildman–Crippen MR) is 214 cm³/mol. The van der Waals surface area contributed by atoms with Crippen LogP contribution in [0.3, 0.4) is 0 Å². The fourth-order valence-electron chi connectivity index (χ4n) is 6.96. The number of benzene rings is 1. The van der Waals surface area contributed by atoms with Crippen LogP contribution in [0.1, 0.15) is 71.8 Å². The largest absolute Gasteiger partial charge is 0.456 e. The molecule has 3 aromatic rings. The van der Waals surface area contributed by atoms with Crippen LogP contribution in [0.4, 0.5) is 4.79 Å². The molecule has 0 spiro atoms. The van der Waals surface area contributed by atoms with Gasteiger partial charge in [-0.15, -0.1) is 0 Å². The Morgan fingerprint density at radius 3 is 2.34 bits per heavy atom. The molecule has 2 aliphatic heterocycles. The molecule has 3 fully saturated rings. The molecular weight excluding hydrogens is 732 g/mol. The minimum Gasteiger partial charge on any atom is -0.456 e. The summed E-state index contributed by atoms with van der Waals surface area (Å²) < 4.78 is 39.6. The molecule has 1 saturated carbocycles. The molecule has 1 aromatic carbocycles. The summed E-state index contributed by atoms with van der Waals surface area (Å²) in [5, 5.41) is 3.41. The van der Waals surface area contributed by atoms with Gasteiger partial charge in [0, 0.05) is 11.6 Å². The van der Waals surface area contributed by atoms with E-state index in [2.05, 4.69) is 76.0 Å². The molecule has 0 radical (unpaired) electrons. The van der Waals surface area contributed by atoms with Gasteiger partial charge < -0.3 is 33.4 Å². The van der Waals surface area contributed by atoms with Crippen molar-refractivity contribution in [1.82, 2.24) is 19.9 Å². The van der Waals surface area contributed by atoms with Crippen molar-refractivity contribution in [1.29, 1.82) is 0 Å². The molecule has 1 unspecified atom stereocenters. The lowest BCUT2D eigenvalue weighted by Gasteiger charge is -2.39. The van der Waals surface area contributed by atoms with Crippen LogP contribution < -0.4 is 10.1 Å². The second-order valence-corrected chi connectivity index (χ2v) is 24.2. The molecule has 3 aliphatic rings. The molecule has 6 rings (SSSR count). The van der Waals surface area contributed by atoms with Crippen molar-refractivity contribution in [2.45, 2.75) is 128 Å². The number of aromatic nitrogens is 3. The van der Waals surface area contributed by atoms with Gasteiger partial charge in [0.05, 0.1) is 49.2 Å². The van der Waals surface area contributed by atoms with Gasteiger partial charge in [-0.05, 0) is 86.1 Å². The minimum atomic E-state index is -2.02. The summed E-state index contributed by atoms with van der Waals surface area (Å²) in [6.45, 7) is 16.8. The highest BCUT2D eigenvalue weighted by atomic mass is 35.5. The number of amides is 1. The number of pyridine rings is 1. The van der Waals surface area contributed by atoms with Gasteiger partial charge in [-0.1, -0.05) is 56.6 Å². The molecular formula is C39H58ClN4O7SSi+. The fourth-order valence-corrected chi connectivity index (χ4v) is 8.98. The van der Waals surface area contributed by atoms with Crippen LogP contribution in [-0.4, -0.2) is 104 Å². The van der Waals surface area contributed by atoms with Crippen molar-refractivity contribution in [2.24, 2.45) is 0 Å². The Kier molecular flexibility index (Phi) is 12.7. The lowest BCUT2D eigenvalue weighted by Crippen LogP contribution is -2.47. The number of ether oxygens (including phenoxy) is 5. The van der Waals surface area contributed by atoms with Crippen LogP contribution in [-0.2, 0) is 41.0 Å². The summed E-state index contributed by atoms with van der Waals surface area (Å²) in [4.78, 5) is 22.0. The second-order valence-electron chi connectivity index (χ2n) is 16.7. The summed E-state index contributed by atoms with van der Waals surface area (Å²) >= 11 is 6.90. The molecule has 14 heteroatoms. The van der Waals surface area contributed by atoms with Crippen molar-refractivity contribution in [3.8, 4) is 17.3 Å². The zero-order valence-electron chi connectivity index (χ0n) is 32.8. The van der Waals surface area contributed by atoms with Crippen LogP contribution in [0.15, 0.2) is 30.3 Å². The molecule has 1 aliphatic carbocycles. The highest BCUT2D eigenvalue weighted by molar-refractivity contribution is 7.95. The summed E-state index contributed by atoms with van der Waals surface area (Å²) in [7, 11) is -1.76. The van der Waals surface area contributed by atoms with E-state index >= 15 is 0 Å². The summed E-state index contributed by atoms with van der Waals surface area (Å²) in [5.74, 6) is 1.37. The third-order valence-electron chi connectivity index (χ3n) is 11.0. The number of nitrogens with one attached hydrogen (secondary N) is 1. The van der Waals surface area contributed by atoms with Crippen molar-refractivity contribution < 1.29 is 32.9 Å². The van der Waals surface area contributed by atoms with E-state index in [1.165, 1.54) is 5.56 Å². The SMILES string of the molecule is CC(C)NC(=O)OC1CCC(c2ccc(-c3nc4c(cc3Cl)nc(O[C@@H]3CO[C@@H]5C(O[Si](C)(C)C(C)(C)C)CO[C@@H]53)n4COCC[S+](C)C)cc2)CC1. The summed E-state index contributed by atoms with van der Waals surface area (Å²) in [6, 6.07) is 10.8. The van der Waals surface area contributed by atoms with Gasteiger partial charge in [0.25, 0.3) is 0 Å². The van der Waals surface area contributed by atoms with Gasteiger partial charge >= 0.3 is 12.1 Å². The Morgan fingerprint density at radius 2 is 1.70 bits per heavy atom. The lowest BCUT2D eigenvalue weighted by atomic mass is 9.82. The van der Waals surface area contributed by atoms with E-state index in [0.717, 1.165) is 37.0 Å². The first kappa shape index (κ1) is 40.3. The minimum absolute atomic E-state index is 0.0425. The Hall–Kier alpha value is -2.39. The highest BCUT2D eigenvalue weighted by Crippen LogP contribution is 2.41. The van der Waals surface area contributed by atoms with E-state index in [1.807, 2.05) is 24.5 Å². The monoisotopic (exact) mass is 789 g/mol. The number of carbonyl (C=O) groups excluding carboxylic acids is 1. The molecule has 1 amide bonds. The number of imidazole rings is 1. The Balaban J connectivity index is 1.18. The van der Waals surface area contributed by atoms with Gasteiger partial charge in [0.15, 0.2) is 20.1 Å². The Bertz CT molecular complexity index is 1710. The number of rotatable bonds is 13. The third-order valence-corrected chi connectivity index (χ3v) is 16.8. The average Bonchev–Trinajstić information content (AvgIpc) is 3.76. The van der Waals surface area contributed by atoms with Crippen molar-refractivity contribution in [3.05, 3.63) is 40.9 Å². The number of halogens is 1. The lowest BCUT2D eigenvalue weighted by molar-refractivity contribution is 0.00697. The first-order valence-corrected chi connectivity index (χ1v) is 24.4. The van der Waals surface area contributed by atoms with Crippen LogP contribution in [0, 0.1) is 0 Å². The number of hydrogen-bond donors (Lipinski definition) is 1. The van der Waals surface area contributed by atoms with E-state index in [4.69, 9.17) is 49.7 Å². The molecule has 2 saturated heterocycles. The quantitative estimate of drug-likeness (QED) is 0.106. The first-order chi connectivity index (χ1) is 25.1. The highest BCUT2D eigenvalue weighted by Gasteiger charge is 2.52. The summed E-state index contributed by atoms with van der Waals surface area (Å²) in [5.41, 5.74) is 4.11. The van der Waals surface area contributed by atoms with Gasteiger partial charge in [-0.3, -0.25) is 4.57 Å². The third kappa shape index (κ3) is 9.53.